The summed E-state index contributed by atoms with van der Waals surface area (Å²) in [6, 6.07) is 8.85. The highest BCUT2D eigenvalue weighted by atomic mass is 16.5. The number of rotatable bonds is 6. The maximum atomic E-state index is 6.06. The monoisotopic (exact) mass is 284 g/mol. The first-order chi connectivity index (χ1) is 10.1. The number of ether oxygens (including phenoxy) is 1. The summed E-state index contributed by atoms with van der Waals surface area (Å²) in [6.45, 7) is 9.80. The van der Waals surface area contributed by atoms with Crippen LogP contribution in [0.15, 0.2) is 36.7 Å². The maximum Gasteiger partial charge on any atom is 0.127 e. The normalized spacial score (nSPS) is 10.9. The van der Waals surface area contributed by atoms with Gasteiger partial charge in [0.2, 0.25) is 0 Å². The molecule has 0 spiro atoms. The molecule has 0 fully saturated rings. The minimum absolute atomic E-state index is 0.458. The van der Waals surface area contributed by atoms with Crippen LogP contribution in [0.1, 0.15) is 36.1 Å². The first-order valence-corrected chi connectivity index (χ1v) is 7.41. The number of benzene rings is 1. The van der Waals surface area contributed by atoms with Gasteiger partial charge in [-0.05, 0) is 31.0 Å². The van der Waals surface area contributed by atoms with Crippen LogP contribution >= 0.6 is 0 Å². The van der Waals surface area contributed by atoms with Gasteiger partial charge in [0.25, 0.3) is 0 Å². The van der Waals surface area contributed by atoms with Gasteiger partial charge in [-0.1, -0.05) is 32.0 Å². The van der Waals surface area contributed by atoms with E-state index in [0.29, 0.717) is 12.6 Å². The first-order valence-electron chi connectivity index (χ1n) is 7.41. The molecule has 21 heavy (non-hydrogen) atoms. The van der Waals surface area contributed by atoms with E-state index in [1.807, 2.05) is 19.3 Å². The summed E-state index contributed by atoms with van der Waals surface area (Å²) in [6.07, 6.45) is 3.71. The lowest BCUT2D eigenvalue weighted by Gasteiger charge is -2.16. The summed E-state index contributed by atoms with van der Waals surface area (Å²) in [5.41, 5.74) is 4.62. The fourth-order valence-corrected chi connectivity index (χ4v) is 2.23. The number of aryl methyl sites for hydroxylation is 2. The van der Waals surface area contributed by atoms with Crippen LogP contribution in [0.4, 0.5) is 0 Å². The van der Waals surface area contributed by atoms with Gasteiger partial charge in [-0.3, -0.25) is 4.98 Å². The van der Waals surface area contributed by atoms with Gasteiger partial charge in [-0.25, -0.2) is 0 Å². The lowest BCUT2D eigenvalue weighted by atomic mass is 10.1. The van der Waals surface area contributed by atoms with Crippen molar-refractivity contribution < 1.29 is 4.74 Å². The average molecular weight is 284 g/mol. The second kappa shape index (κ2) is 7.23. The molecule has 3 nitrogen and oxygen atoms in total. The van der Waals surface area contributed by atoms with Crippen LogP contribution in [0.25, 0.3) is 0 Å². The standard InChI is InChI=1S/C18H24N2O/c1-13(2)20-11-17-7-5-6-15(4)18(17)21-12-16-8-14(3)9-19-10-16/h5-10,13,20H,11-12H2,1-4H3. The Morgan fingerprint density at radius 3 is 2.71 bits per heavy atom. The molecule has 0 aliphatic carbocycles. The minimum Gasteiger partial charge on any atom is -0.488 e. The van der Waals surface area contributed by atoms with Crippen molar-refractivity contribution in [3.05, 3.63) is 58.9 Å². The fraction of sp³-hybridized carbons (Fsp3) is 0.389. The molecule has 0 amide bonds. The predicted molar refractivity (Wildman–Crippen MR) is 86.5 cm³/mol. The molecule has 3 heteroatoms. The van der Waals surface area contributed by atoms with E-state index in [0.717, 1.165) is 23.4 Å². The number of aromatic nitrogens is 1. The molecule has 0 radical (unpaired) electrons. The Morgan fingerprint density at radius 2 is 2.00 bits per heavy atom. The van der Waals surface area contributed by atoms with Gasteiger partial charge >= 0.3 is 0 Å². The zero-order valence-corrected chi connectivity index (χ0v) is 13.3. The van der Waals surface area contributed by atoms with Gasteiger partial charge in [0, 0.05) is 36.1 Å². The van der Waals surface area contributed by atoms with Crippen LogP contribution in [0.5, 0.6) is 5.75 Å². The Labute approximate surface area is 127 Å². The Morgan fingerprint density at radius 1 is 1.19 bits per heavy atom. The van der Waals surface area contributed by atoms with Gasteiger partial charge in [-0.2, -0.15) is 0 Å². The van der Waals surface area contributed by atoms with E-state index in [1.54, 1.807) is 0 Å². The molecule has 1 aromatic carbocycles. The van der Waals surface area contributed by atoms with Crippen molar-refractivity contribution in [3.63, 3.8) is 0 Å². The van der Waals surface area contributed by atoms with Crippen molar-refractivity contribution in [2.45, 2.75) is 46.9 Å². The lowest BCUT2D eigenvalue weighted by molar-refractivity contribution is 0.299. The van der Waals surface area contributed by atoms with Gasteiger partial charge in [-0.15, -0.1) is 0 Å². The molecule has 0 saturated carbocycles. The SMILES string of the molecule is Cc1cncc(COc2c(C)cccc2CNC(C)C)c1. The van der Waals surface area contributed by atoms with Gasteiger partial charge in [0.15, 0.2) is 0 Å². The zero-order valence-electron chi connectivity index (χ0n) is 13.3. The highest BCUT2D eigenvalue weighted by molar-refractivity contribution is 5.41. The molecule has 112 valence electrons. The quantitative estimate of drug-likeness (QED) is 0.876. The Kier molecular flexibility index (Phi) is 5.34. The van der Waals surface area contributed by atoms with Crippen LogP contribution in [-0.2, 0) is 13.2 Å². The van der Waals surface area contributed by atoms with Gasteiger partial charge in [0.1, 0.15) is 12.4 Å². The molecule has 0 aliphatic heterocycles. The van der Waals surface area contributed by atoms with Crippen molar-refractivity contribution in [2.24, 2.45) is 0 Å². The summed E-state index contributed by atoms with van der Waals surface area (Å²) in [5, 5.41) is 3.44. The van der Waals surface area contributed by atoms with E-state index in [9.17, 15) is 0 Å². The lowest BCUT2D eigenvalue weighted by Crippen LogP contribution is -2.22. The highest BCUT2D eigenvalue weighted by Crippen LogP contribution is 2.24. The number of nitrogens with zero attached hydrogens (tertiary/aromatic N) is 1. The third kappa shape index (κ3) is 4.57. The summed E-state index contributed by atoms with van der Waals surface area (Å²) in [5.74, 6) is 0.979. The number of para-hydroxylation sites is 1. The Hall–Kier alpha value is -1.87. The van der Waals surface area contributed by atoms with Crippen molar-refractivity contribution in [3.8, 4) is 5.75 Å². The van der Waals surface area contributed by atoms with Crippen molar-refractivity contribution in [1.29, 1.82) is 0 Å². The van der Waals surface area contributed by atoms with Crippen molar-refractivity contribution in [1.82, 2.24) is 10.3 Å². The Bertz CT molecular complexity index is 594. The van der Waals surface area contributed by atoms with E-state index < -0.39 is 0 Å². The molecule has 0 unspecified atom stereocenters. The van der Waals surface area contributed by atoms with Gasteiger partial charge in [0.05, 0.1) is 0 Å². The predicted octanol–water partition coefficient (Wildman–Crippen LogP) is 3.78. The molecule has 0 saturated heterocycles. The Balaban J connectivity index is 2.11. The average Bonchev–Trinajstić information content (AvgIpc) is 2.44. The maximum absolute atomic E-state index is 6.06. The molecule has 0 aliphatic rings. The zero-order chi connectivity index (χ0) is 15.2. The molecule has 0 atom stereocenters. The van der Waals surface area contributed by atoms with Crippen LogP contribution < -0.4 is 10.1 Å². The van der Waals surface area contributed by atoms with Gasteiger partial charge < -0.3 is 10.1 Å². The van der Waals surface area contributed by atoms with Crippen LogP contribution in [0.2, 0.25) is 0 Å². The number of nitrogens with one attached hydrogen (secondary N) is 1. The second-order valence-electron chi connectivity index (χ2n) is 5.76. The summed E-state index contributed by atoms with van der Waals surface area (Å²) in [7, 11) is 0. The summed E-state index contributed by atoms with van der Waals surface area (Å²) >= 11 is 0. The van der Waals surface area contributed by atoms with E-state index in [2.05, 4.69) is 55.3 Å². The summed E-state index contributed by atoms with van der Waals surface area (Å²) < 4.78 is 6.06. The van der Waals surface area contributed by atoms with Crippen LogP contribution in [0.3, 0.4) is 0 Å². The van der Waals surface area contributed by atoms with Crippen LogP contribution in [0, 0.1) is 13.8 Å². The third-order valence-corrected chi connectivity index (χ3v) is 3.31. The van der Waals surface area contributed by atoms with E-state index in [-0.39, 0.29) is 0 Å². The molecule has 2 rings (SSSR count). The van der Waals surface area contributed by atoms with E-state index in [1.165, 1.54) is 11.1 Å². The summed E-state index contributed by atoms with van der Waals surface area (Å²) in [4.78, 5) is 4.21. The minimum atomic E-state index is 0.458. The second-order valence-corrected chi connectivity index (χ2v) is 5.76. The molecule has 0 bridgehead atoms. The van der Waals surface area contributed by atoms with E-state index in [4.69, 9.17) is 4.74 Å². The van der Waals surface area contributed by atoms with Crippen molar-refractivity contribution >= 4 is 0 Å². The number of hydrogen-bond donors (Lipinski definition) is 1. The first kappa shape index (κ1) is 15.5. The number of hydrogen-bond acceptors (Lipinski definition) is 3. The molecular weight excluding hydrogens is 260 g/mol. The highest BCUT2D eigenvalue weighted by Gasteiger charge is 2.08. The van der Waals surface area contributed by atoms with Crippen molar-refractivity contribution in [2.75, 3.05) is 0 Å². The molecule has 1 heterocycles. The third-order valence-electron chi connectivity index (χ3n) is 3.31. The molecule has 1 aromatic heterocycles. The molecule has 1 N–H and O–H groups in total. The number of pyridine rings is 1. The smallest absolute Gasteiger partial charge is 0.127 e. The topological polar surface area (TPSA) is 34.1 Å². The largest absolute Gasteiger partial charge is 0.488 e. The van der Waals surface area contributed by atoms with E-state index >= 15 is 0 Å². The molecule has 2 aromatic rings. The fourth-order valence-electron chi connectivity index (χ4n) is 2.23. The van der Waals surface area contributed by atoms with Crippen LogP contribution in [-0.4, -0.2) is 11.0 Å². The molecular formula is C18H24N2O.